The molecule has 5 heteroatoms. The average molecular weight is 329 g/mol. The Morgan fingerprint density at radius 2 is 1.64 bits per heavy atom. The Morgan fingerprint density at radius 1 is 0.840 bits per heavy atom. The molecule has 0 atom stereocenters. The number of aromatic nitrogens is 3. The lowest BCUT2D eigenvalue weighted by Crippen LogP contribution is -1.94. The second kappa shape index (κ2) is 6.97. The molecule has 122 valence electrons. The molecule has 0 saturated carbocycles. The van der Waals surface area contributed by atoms with E-state index in [2.05, 4.69) is 15.1 Å². The Labute approximate surface area is 144 Å². The molecule has 0 aliphatic rings. The Balaban J connectivity index is 1.46. The molecule has 4 rings (SSSR count). The van der Waals surface area contributed by atoms with Gasteiger partial charge in [0.2, 0.25) is 5.82 Å². The largest absolute Gasteiger partial charge is 0.489 e. The van der Waals surface area contributed by atoms with Crippen molar-refractivity contribution < 1.29 is 9.26 Å². The van der Waals surface area contributed by atoms with Crippen LogP contribution in [0.4, 0.5) is 0 Å². The van der Waals surface area contributed by atoms with Crippen LogP contribution in [0.1, 0.15) is 5.56 Å². The van der Waals surface area contributed by atoms with Gasteiger partial charge in [-0.25, -0.2) is 0 Å². The van der Waals surface area contributed by atoms with E-state index in [1.54, 1.807) is 6.20 Å². The third-order valence-corrected chi connectivity index (χ3v) is 3.67. The van der Waals surface area contributed by atoms with Gasteiger partial charge in [0.1, 0.15) is 18.1 Å². The van der Waals surface area contributed by atoms with Crippen LogP contribution in [0.3, 0.4) is 0 Å². The van der Waals surface area contributed by atoms with E-state index in [4.69, 9.17) is 9.26 Å². The first-order valence-corrected chi connectivity index (χ1v) is 7.91. The van der Waals surface area contributed by atoms with E-state index in [0.717, 1.165) is 16.9 Å². The van der Waals surface area contributed by atoms with Crippen LogP contribution in [-0.2, 0) is 6.61 Å². The lowest BCUT2D eigenvalue weighted by molar-refractivity contribution is 0.306. The van der Waals surface area contributed by atoms with E-state index in [-0.39, 0.29) is 0 Å². The van der Waals surface area contributed by atoms with Crippen molar-refractivity contribution in [2.24, 2.45) is 0 Å². The SMILES string of the molecule is c1ccc(COc2ccc(-c3noc(-c4ccccn4)n3)cc2)cc1. The van der Waals surface area contributed by atoms with Crippen molar-refractivity contribution in [3.63, 3.8) is 0 Å². The van der Waals surface area contributed by atoms with Gasteiger partial charge in [-0.1, -0.05) is 41.6 Å². The molecular formula is C20H15N3O2. The molecule has 0 bridgehead atoms. The van der Waals surface area contributed by atoms with Crippen LogP contribution in [0.5, 0.6) is 5.75 Å². The highest BCUT2D eigenvalue weighted by Gasteiger charge is 2.11. The number of pyridine rings is 1. The highest BCUT2D eigenvalue weighted by molar-refractivity contribution is 5.58. The van der Waals surface area contributed by atoms with Gasteiger partial charge in [-0.15, -0.1) is 0 Å². The first-order valence-electron chi connectivity index (χ1n) is 7.91. The van der Waals surface area contributed by atoms with Gasteiger partial charge in [0.05, 0.1) is 0 Å². The third kappa shape index (κ3) is 3.55. The predicted molar refractivity (Wildman–Crippen MR) is 93.7 cm³/mol. The molecule has 0 aliphatic heterocycles. The number of benzene rings is 2. The molecule has 25 heavy (non-hydrogen) atoms. The van der Waals surface area contributed by atoms with Gasteiger partial charge in [0, 0.05) is 11.8 Å². The van der Waals surface area contributed by atoms with Gasteiger partial charge in [-0.2, -0.15) is 4.98 Å². The maximum absolute atomic E-state index is 5.78. The summed E-state index contributed by atoms with van der Waals surface area (Å²) in [6, 6.07) is 23.2. The molecule has 0 radical (unpaired) electrons. The van der Waals surface area contributed by atoms with E-state index in [1.165, 1.54) is 0 Å². The molecule has 0 fully saturated rings. The highest BCUT2D eigenvalue weighted by Crippen LogP contribution is 2.23. The van der Waals surface area contributed by atoms with Gasteiger partial charge < -0.3 is 9.26 Å². The third-order valence-electron chi connectivity index (χ3n) is 3.67. The first-order chi connectivity index (χ1) is 12.4. The molecule has 0 amide bonds. The van der Waals surface area contributed by atoms with Crippen LogP contribution >= 0.6 is 0 Å². The average Bonchev–Trinajstić information content (AvgIpc) is 3.19. The Hall–Kier alpha value is -3.47. The summed E-state index contributed by atoms with van der Waals surface area (Å²) >= 11 is 0. The number of rotatable bonds is 5. The monoisotopic (exact) mass is 329 g/mol. The van der Waals surface area contributed by atoms with Crippen molar-refractivity contribution in [1.29, 1.82) is 0 Å². The molecule has 2 aromatic heterocycles. The minimum Gasteiger partial charge on any atom is -0.489 e. The lowest BCUT2D eigenvalue weighted by atomic mass is 10.2. The van der Waals surface area contributed by atoms with Gasteiger partial charge in [-0.3, -0.25) is 4.98 Å². The quantitative estimate of drug-likeness (QED) is 0.544. The summed E-state index contributed by atoms with van der Waals surface area (Å²) in [4.78, 5) is 8.60. The van der Waals surface area contributed by atoms with Crippen LogP contribution in [0.2, 0.25) is 0 Å². The van der Waals surface area contributed by atoms with E-state index in [0.29, 0.717) is 24.0 Å². The van der Waals surface area contributed by atoms with Crippen molar-refractivity contribution in [1.82, 2.24) is 15.1 Å². The van der Waals surface area contributed by atoms with Gasteiger partial charge in [-0.05, 0) is 42.0 Å². The molecule has 5 nitrogen and oxygen atoms in total. The fourth-order valence-corrected chi connectivity index (χ4v) is 2.38. The van der Waals surface area contributed by atoms with E-state index in [1.807, 2.05) is 72.8 Å². The van der Waals surface area contributed by atoms with Gasteiger partial charge in [0.25, 0.3) is 5.89 Å². The van der Waals surface area contributed by atoms with Crippen LogP contribution in [0.15, 0.2) is 83.5 Å². The van der Waals surface area contributed by atoms with Crippen LogP contribution in [0.25, 0.3) is 23.0 Å². The molecule has 0 spiro atoms. The molecule has 0 aliphatic carbocycles. The van der Waals surface area contributed by atoms with Crippen molar-refractivity contribution >= 4 is 0 Å². The van der Waals surface area contributed by atoms with Gasteiger partial charge in [0.15, 0.2) is 0 Å². The second-order valence-electron chi connectivity index (χ2n) is 5.44. The maximum Gasteiger partial charge on any atom is 0.276 e. The summed E-state index contributed by atoms with van der Waals surface area (Å²) < 4.78 is 11.1. The first kappa shape index (κ1) is 15.1. The molecular weight excluding hydrogens is 314 g/mol. The Bertz CT molecular complexity index is 936. The van der Waals surface area contributed by atoms with E-state index < -0.39 is 0 Å². The van der Waals surface area contributed by atoms with Crippen molar-refractivity contribution in [3.05, 3.63) is 84.6 Å². The number of nitrogens with zero attached hydrogens (tertiary/aromatic N) is 3. The number of ether oxygens (including phenoxy) is 1. The lowest BCUT2D eigenvalue weighted by Gasteiger charge is -2.06. The zero-order chi connectivity index (χ0) is 16.9. The summed E-state index contributed by atoms with van der Waals surface area (Å²) in [5.41, 5.74) is 2.65. The van der Waals surface area contributed by atoms with Crippen molar-refractivity contribution in [2.45, 2.75) is 6.61 Å². The predicted octanol–water partition coefficient (Wildman–Crippen LogP) is 4.38. The zero-order valence-electron chi connectivity index (χ0n) is 13.4. The standard InChI is InChI=1S/C20H15N3O2/c1-2-6-15(7-3-1)14-24-17-11-9-16(10-12-17)19-22-20(25-23-19)18-8-4-5-13-21-18/h1-13H,14H2. The minimum atomic E-state index is 0.403. The van der Waals surface area contributed by atoms with E-state index >= 15 is 0 Å². The highest BCUT2D eigenvalue weighted by atomic mass is 16.5. The fraction of sp³-hybridized carbons (Fsp3) is 0.0500. The van der Waals surface area contributed by atoms with Crippen LogP contribution < -0.4 is 4.74 Å². The summed E-state index contributed by atoms with van der Waals surface area (Å²) in [5, 5.41) is 4.02. The topological polar surface area (TPSA) is 61.0 Å². The summed E-state index contributed by atoms with van der Waals surface area (Å²) in [7, 11) is 0. The Kier molecular flexibility index (Phi) is 4.20. The Morgan fingerprint density at radius 3 is 2.40 bits per heavy atom. The molecule has 2 aromatic carbocycles. The molecule has 2 heterocycles. The molecule has 0 unspecified atom stereocenters. The van der Waals surface area contributed by atoms with E-state index in [9.17, 15) is 0 Å². The summed E-state index contributed by atoms with van der Waals surface area (Å²) in [6.07, 6.45) is 1.69. The smallest absolute Gasteiger partial charge is 0.276 e. The zero-order valence-corrected chi connectivity index (χ0v) is 13.4. The summed E-state index contributed by atoms with van der Waals surface area (Å²) in [5.74, 6) is 1.72. The van der Waals surface area contributed by atoms with Crippen LogP contribution in [-0.4, -0.2) is 15.1 Å². The molecule has 0 saturated heterocycles. The number of hydrogen-bond acceptors (Lipinski definition) is 5. The maximum atomic E-state index is 5.78. The molecule has 0 N–H and O–H groups in total. The van der Waals surface area contributed by atoms with Crippen molar-refractivity contribution in [3.8, 4) is 28.7 Å². The van der Waals surface area contributed by atoms with Gasteiger partial charge >= 0.3 is 0 Å². The fourth-order valence-electron chi connectivity index (χ4n) is 2.38. The second-order valence-corrected chi connectivity index (χ2v) is 5.44. The molecule has 4 aromatic rings. The van der Waals surface area contributed by atoms with Crippen LogP contribution in [0, 0.1) is 0 Å². The van der Waals surface area contributed by atoms with Crippen molar-refractivity contribution in [2.75, 3.05) is 0 Å². The minimum absolute atomic E-state index is 0.403. The normalized spacial score (nSPS) is 10.6. The number of hydrogen-bond donors (Lipinski definition) is 0. The summed E-state index contributed by atoms with van der Waals surface area (Å²) in [6.45, 7) is 0.534.